The minimum absolute atomic E-state index is 0.0941. The van der Waals surface area contributed by atoms with Gasteiger partial charge in [0.15, 0.2) is 0 Å². The minimum Gasteiger partial charge on any atom is -0.391 e. The molecule has 0 amide bonds. The largest absolute Gasteiger partial charge is 0.434 e. The van der Waals surface area contributed by atoms with Gasteiger partial charge in [0.25, 0.3) is 0 Å². The van der Waals surface area contributed by atoms with Crippen LogP contribution >= 0.6 is 11.6 Å². The third-order valence-corrected chi connectivity index (χ3v) is 9.54. The molecule has 1 N–H and O–H groups in total. The fraction of sp³-hybridized carbons (Fsp3) is 0.440. The zero-order valence-electron chi connectivity index (χ0n) is 20.9. The van der Waals surface area contributed by atoms with E-state index in [1.807, 2.05) is 6.92 Å². The van der Waals surface area contributed by atoms with Gasteiger partial charge in [-0.15, -0.1) is 5.10 Å². The number of hydrogen-bond donors (Lipinski definition) is 1. The number of halogens is 3. The van der Waals surface area contributed by atoms with E-state index in [4.69, 9.17) is 20.8 Å². The number of aromatic nitrogens is 2. The average Bonchev–Trinajstić information content (AvgIpc) is 3.29. The number of fused-ring (bicyclic) bond motifs is 1. The van der Waals surface area contributed by atoms with Gasteiger partial charge >= 0.3 is 5.76 Å². The number of aromatic amines is 1. The molecule has 0 unspecified atom stereocenters. The van der Waals surface area contributed by atoms with Crippen molar-refractivity contribution in [2.75, 3.05) is 24.8 Å². The van der Waals surface area contributed by atoms with Crippen LogP contribution in [0.25, 0.3) is 0 Å². The predicted molar refractivity (Wildman–Crippen MR) is 136 cm³/mol. The molecule has 4 atom stereocenters. The van der Waals surface area contributed by atoms with E-state index in [1.54, 1.807) is 24.8 Å². The molecular weight excluding hydrogens is 542 g/mol. The molecule has 3 heterocycles. The minimum atomic E-state index is -4.27. The van der Waals surface area contributed by atoms with Gasteiger partial charge in [-0.1, -0.05) is 24.6 Å². The molecule has 3 aromatic rings. The second-order valence-corrected chi connectivity index (χ2v) is 11.9. The van der Waals surface area contributed by atoms with Crippen molar-refractivity contribution in [1.82, 2.24) is 14.5 Å². The van der Waals surface area contributed by atoms with Gasteiger partial charge in [0.05, 0.1) is 25.0 Å². The van der Waals surface area contributed by atoms with Crippen LogP contribution in [0.4, 0.5) is 14.5 Å². The number of rotatable bonds is 5. The van der Waals surface area contributed by atoms with Gasteiger partial charge in [0.2, 0.25) is 15.9 Å². The van der Waals surface area contributed by atoms with Gasteiger partial charge in [-0.25, -0.2) is 27.1 Å². The molecule has 1 fully saturated rings. The summed E-state index contributed by atoms with van der Waals surface area (Å²) >= 11 is 6.23. The molecule has 0 bridgehead atoms. The standard InChI is InChI=1S/C25H27ClF2N4O5S/c1-13-4-6-17(27)22(14(13)2)15(3)23(24-29-30-25(33)37-24)32-12-31(19-8-9-36-11-18(19)28)20-10-16(26)5-7-21(20)38(32,34)35/h4-7,10,15,18-19,23H,8-9,11-12H2,1-3H3,(H,30,33)/t15-,18-,19-,23+/m1/s1. The molecule has 9 nitrogen and oxygen atoms in total. The molecule has 1 aromatic heterocycles. The first-order valence-corrected chi connectivity index (χ1v) is 13.9. The fourth-order valence-corrected chi connectivity index (χ4v) is 7.35. The molecule has 2 aliphatic rings. The molecule has 0 aliphatic carbocycles. The topological polar surface area (TPSA) is 109 Å². The van der Waals surface area contributed by atoms with E-state index in [-0.39, 0.29) is 35.3 Å². The number of H-pyrrole nitrogens is 1. The maximum absolute atomic E-state index is 15.2. The van der Waals surface area contributed by atoms with Crippen LogP contribution in [0.5, 0.6) is 0 Å². The van der Waals surface area contributed by atoms with Crippen molar-refractivity contribution in [3.05, 3.63) is 74.3 Å². The molecule has 5 rings (SSSR count). The fourth-order valence-electron chi connectivity index (χ4n) is 5.40. The zero-order chi connectivity index (χ0) is 27.4. The molecule has 204 valence electrons. The van der Waals surface area contributed by atoms with Gasteiger partial charge in [-0.3, -0.25) is 0 Å². The molecule has 0 spiro atoms. The Morgan fingerprint density at radius 1 is 1.24 bits per heavy atom. The number of nitrogens with one attached hydrogen (secondary N) is 1. The summed E-state index contributed by atoms with van der Waals surface area (Å²) in [7, 11) is -4.27. The van der Waals surface area contributed by atoms with Gasteiger partial charge in [0.1, 0.15) is 22.9 Å². The number of benzene rings is 2. The first kappa shape index (κ1) is 26.8. The summed E-state index contributed by atoms with van der Waals surface area (Å²) in [6, 6.07) is 5.29. The molecule has 0 radical (unpaired) electrons. The summed E-state index contributed by atoms with van der Waals surface area (Å²) in [5.74, 6) is -2.49. The maximum atomic E-state index is 15.2. The monoisotopic (exact) mass is 568 g/mol. The number of ether oxygens (including phenoxy) is 1. The van der Waals surface area contributed by atoms with Crippen LogP contribution in [-0.4, -0.2) is 55.0 Å². The van der Waals surface area contributed by atoms with Crippen LogP contribution < -0.4 is 10.7 Å². The Morgan fingerprint density at radius 3 is 2.68 bits per heavy atom. The predicted octanol–water partition coefficient (Wildman–Crippen LogP) is 4.21. The van der Waals surface area contributed by atoms with E-state index >= 15 is 8.78 Å². The van der Waals surface area contributed by atoms with E-state index in [1.165, 1.54) is 24.3 Å². The summed E-state index contributed by atoms with van der Waals surface area (Å²) in [4.78, 5) is 13.5. The van der Waals surface area contributed by atoms with E-state index in [0.717, 1.165) is 9.87 Å². The lowest BCUT2D eigenvalue weighted by molar-refractivity contribution is 0.0189. The number of aryl methyl sites for hydroxylation is 1. The van der Waals surface area contributed by atoms with E-state index < -0.39 is 45.8 Å². The number of sulfonamides is 1. The lowest BCUT2D eigenvalue weighted by atomic mass is 9.87. The van der Waals surface area contributed by atoms with Crippen LogP contribution in [0.3, 0.4) is 0 Å². The number of nitrogens with zero attached hydrogens (tertiary/aromatic N) is 3. The van der Waals surface area contributed by atoms with Crippen molar-refractivity contribution in [3.8, 4) is 0 Å². The first-order chi connectivity index (χ1) is 18.0. The zero-order valence-corrected chi connectivity index (χ0v) is 22.5. The van der Waals surface area contributed by atoms with Gasteiger partial charge in [-0.2, -0.15) is 4.31 Å². The Balaban J connectivity index is 1.71. The highest BCUT2D eigenvalue weighted by molar-refractivity contribution is 7.89. The first-order valence-electron chi connectivity index (χ1n) is 12.1. The van der Waals surface area contributed by atoms with Crippen molar-refractivity contribution in [3.63, 3.8) is 0 Å². The Morgan fingerprint density at radius 2 is 2.00 bits per heavy atom. The summed E-state index contributed by atoms with van der Waals surface area (Å²) in [6.45, 7) is 5.07. The molecular formula is C25H27ClF2N4O5S. The normalized spacial score (nSPS) is 23.2. The summed E-state index contributed by atoms with van der Waals surface area (Å²) < 4.78 is 70.2. The highest BCUT2D eigenvalue weighted by atomic mass is 35.5. The number of anilines is 1. The van der Waals surface area contributed by atoms with Gasteiger partial charge in [0, 0.05) is 17.5 Å². The van der Waals surface area contributed by atoms with Crippen LogP contribution in [0, 0.1) is 19.7 Å². The van der Waals surface area contributed by atoms with Crippen molar-refractivity contribution in [1.29, 1.82) is 0 Å². The average molecular weight is 569 g/mol. The smallest absolute Gasteiger partial charge is 0.391 e. The summed E-state index contributed by atoms with van der Waals surface area (Å²) in [5, 5.41) is 6.41. The lowest BCUT2D eigenvalue weighted by Crippen LogP contribution is -2.56. The Hall–Kier alpha value is -2.80. The van der Waals surface area contributed by atoms with Crippen LogP contribution in [-0.2, 0) is 14.8 Å². The number of alkyl halides is 1. The second-order valence-electron chi connectivity index (χ2n) is 9.65. The molecule has 1 saturated heterocycles. The van der Waals surface area contributed by atoms with Crippen molar-refractivity contribution in [2.45, 2.75) is 56.3 Å². The van der Waals surface area contributed by atoms with Crippen LogP contribution in [0.15, 0.2) is 44.4 Å². The lowest BCUT2D eigenvalue weighted by Gasteiger charge is -2.46. The maximum Gasteiger partial charge on any atom is 0.434 e. The molecule has 38 heavy (non-hydrogen) atoms. The third kappa shape index (κ3) is 4.53. The van der Waals surface area contributed by atoms with Crippen LogP contribution in [0.1, 0.15) is 47.9 Å². The van der Waals surface area contributed by atoms with Crippen molar-refractivity contribution in [2.24, 2.45) is 0 Å². The van der Waals surface area contributed by atoms with Crippen molar-refractivity contribution < 1.29 is 26.4 Å². The molecule has 2 aliphatic heterocycles. The summed E-state index contributed by atoms with van der Waals surface area (Å²) in [6.07, 6.45) is -1.08. The Bertz CT molecular complexity index is 1530. The van der Waals surface area contributed by atoms with Crippen molar-refractivity contribution >= 4 is 27.3 Å². The SMILES string of the molecule is Cc1ccc(F)c([C@@H](C)[C@@H](c2n[nH]c(=O)o2)N2CN([C@@H]3CCOC[C@H]3F)c3cc(Cl)ccc3S2(=O)=O)c1C. The second kappa shape index (κ2) is 10.1. The van der Waals surface area contributed by atoms with E-state index in [9.17, 15) is 13.2 Å². The van der Waals surface area contributed by atoms with E-state index in [0.29, 0.717) is 23.6 Å². The van der Waals surface area contributed by atoms with Gasteiger partial charge < -0.3 is 14.1 Å². The van der Waals surface area contributed by atoms with Gasteiger partial charge in [-0.05, 0) is 61.2 Å². The Kier molecular flexibility index (Phi) is 7.10. The molecule has 13 heteroatoms. The quantitative estimate of drug-likeness (QED) is 0.491. The summed E-state index contributed by atoms with van der Waals surface area (Å²) in [5.41, 5.74) is 1.96. The molecule has 2 aromatic carbocycles. The highest BCUT2D eigenvalue weighted by Gasteiger charge is 2.48. The van der Waals surface area contributed by atoms with Crippen LogP contribution in [0.2, 0.25) is 5.02 Å². The third-order valence-electron chi connectivity index (χ3n) is 7.44. The molecule has 0 saturated carbocycles. The van der Waals surface area contributed by atoms with E-state index in [2.05, 4.69) is 10.2 Å². The Labute approximate surface area is 223 Å². The number of hydrogen-bond acceptors (Lipinski definition) is 7. The highest BCUT2D eigenvalue weighted by Crippen LogP contribution is 2.46.